The predicted molar refractivity (Wildman–Crippen MR) is 501 cm³/mol. The summed E-state index contributed by atoms with van der Waals surface area (Å²) in [4.78, 5) is 0. The van der Waals surface area contributed by atoms with E-state index >= 15 is 0 Å². The van der Waals surface area contributed by atoms with E-state index in [1.54, 1.807) is 57.8 Å². The molecule has 664 valence electrons. The van der Waals surface area contributed by atoms with Crippen LogP contribution in [0.3, 0.4) is 0 Å². The topological polar surface area (TPSA) is 0 Å². The molecule has 0 aliphatic heterocycles. The Labute approximate surface area is 720 Å². The minimum atomic E-state index is 0.552. The summed E-state index contributed by atoms with van der Waals surface area (Å²) < 4.78 is 0. The molecule has 0 nitrogen and oxygen atoms in total. The number of hydrogen-bond acceptors (Lipinski definition) is 0. The van der Waals surface area contributed by atoms with Crippen LogP contribution < -0.4 is 0 Å². The Morgan fingerprint density at radius 3 is 0.817 bits per heavy atom. The molecule has 115 heavy (non-hydrogen) atoms. The number of fused-ring (bicyclic) bond motifs is 18. The molecule has 26 rings (SSSR count). The van der Waals surface area contributed by atoms with Crippen LogP contribution >= 0.6 is 0 Å². The minimum Gasteiger partial charge on any atom is -0.0599 e. The van der Waals surface area contributed by atoms with Crippen molar-refractivity contribution < 1.29 is 0 Å². The SMILES string of the molecule is CC(C)(C)C12C3C4C5C3C1C5C42.CC(C)(C)C12CC3CC(CC(C3)C1)C2.CC(C)(C)C1C2CCCC1CCC2.CC(C)(C)C1CC2CCC1C2.CC(C)(C)C1CC2CCC1CC2.CC(C)(C)C1CC2CCCCC(C2)C1.CC(C)(C)C1CCC2CCC1C2.CC(C)(C)C1CCC2CCC1CC2.CC(C)(C)C1CCC2CCCC1CC2. The second kappa shape index (κ2) is 34.6. The summed E-state index contributed by atoms with van der Waals surface area (Å²) in [7, 11) is 0. The highest BCUT2D eigenvalue weighted by molar-refractivity contribution is 5.51. The van der Waals surface area contributed by atoms with Gasteiger partial charge in [-0.1, -0.05) is 335 Å². The highest BCUT2D eigenvalue weighted by Gasteiger charge is 3.05. The Morgan fingerprint density at radius 2 is 0.470 bits per heavy atom. The predicted octanol–water partition coefficient (Wildman–Crippen LogP) is 35.6. The van der Waals surface area contributed by atoms with E-state index in [4.69, 9.17) is 0 Å². The van der Waals surface area contributed by atoms with E-state index in [9.17, 15) is 0 Å². The molecule has 0 spiro atoms. The van der Waals surface area contributed by atoms with Gasteiger partial charge in [-0.2, -0.15) is 0 Å². The smallest absolute Gasteiger partial charge is 0.0147 e. The third-order valence-corrected chi connectivity index (χ3v) is 42.6. The molecule has 0 heterocycles. The summed E-state index contributed by atoms with van der Waals surface area (Å²) in [6, 6.07) is 0. The Kier molecular flexibility index (Phi) is 27.5. The minimum absolute atomic E-state index is 0.552. The van der Waals surface area contributed by atoms with Gasteiger partial charge < -0.3 is 0 Å². The third-order valence-electron chi connectivity index (χ3n) is 42.6. The number of rotatable bonds is 0. The van der Waals surface area contributed by atoms with Crippen LogP contribution in [0.15, 0.2) is 0 Å². The Morgan fingerprint density at radius 1 is 0.183 bits per heavy atom. The molecule has 26 saturated carbocycles. The molecule has 0 saturated heterocycles. The van der Waals surface area contributed by atoms with Crippen molar-refractivity contribution in [1.29, 1.82) is 0 Å². The van der Waals surface area contributed by atoms with Gasteiger partial charge in [0.25, 0.3) is 0 Å². The molecule has 0 aromatic carbocycles. The van der Waals surface area contributed by atoms with Crippen molar-refractivity contribution >= 4 is 0 Å². The van der Waals surface area contributed by atoms with Gasteiger partial charge in [0.15, 0.2) is 0 Å². The van der Waals surface area contributed by atoms with Crippen LogP contribution in [-0.2, 0) is 0 Å². The molecule has 0 aromatic rings. The highest BCUT2D eigenvalue weighted by atomic mass is 15.1. The van der Waals surface area contributed by atoms with E-state index in [2.05, 4.69) is 187 Å². The first-order chi connectivity index (χ1) is 53.6. The van der Waals surface area contributed by atoms with E-state index in [1.807, 2.05) is 0 Å². The third kappa shape index (κ3) is 19.3. The van der Waals surface area contributed by atoms with Crippen molar-refractivity contribution in [3.8, 4) is 0 Å². The molecular weight excluding hydrogens is 1380 g/mol. The Hall–Kier alpha value is 0. The Balaban J connectivity index is 0.000000107. The molecule has 0 amide bonds. The summed E-state index contributed by atoms with van der Waals surface area (Å²) in [5, 5.41) is 0. The van der Waals surface area contributed by atoms with Crippen molar-refractivity contribution in [3.05, 3.63) is 0 Å². The maximum atomic E-state index is 2.49. The maximum absolute atomic E-state index is 2.49. The van der Waals surface area contributed by atoms with Gasteiger partial charge in [0, 0.05) is 0 Å². The van der Waals surface area contributed by atoms with Gasteiger partial charge in [-0.15, -0.1) is 0 Å². The molecule has 0 aromatic heterocycles. The molecule has 0 N–H and O–H groups in total. The van der Waals surface area contributed by atoms with Gasteiger partial charge in [-0.25, -0.2) is 0 Å². The van der Waals surface area contributed by atoms with E-state index < -0.39 is 0 Å². The van der Waals surface area contributed by atoms with Crippen molar-refractivity contribution in [1.82, 2.24) is 0 Å². The fourth-order valence-corrected chi connectivity index (χ4v) is 37.5. The van der Waals surface area contributed by atoms with Crippen LogP contribution in [0.25, 0.3) is 0 Å². The molecule has 13 unspecified atom stereocenters. The first-order valence-electron chi connectivity index (χ1n) is 53.6. The summed E-state index contributed by atoms with van der Waals surface area (Å²) >= 11 is 0. The van der Waals surface area contributed by atoms with E-state index in [0.717, 1.165) is 153 Å². The van der Waals surface area contributed by atoms with Crippen LogP contribution in [0.1, 0.15) is 482 Å². The summed E-state index contributed by atoms with van der Waals surface area (Å²) in [6.45, 7) is 66.1. The molecule has 26 aliphatic carbocycles. The Bertz CT molecular complexity index is 2900. The van der Waals surface area contributed by atoms with Crippen molar-refractivity contribution in [2.24, 2.45) is 243 Å². The molecular formula is C115H204. The first kappa shape index (κ1) is 91.2. The lowest BCUT2D eigenvalue weighted by atomic mass is 8.94. The van der Waals surface area contributed by atoms with Crippen LogP contribution in [0.4, 0.5) is 0 Å². The van der Waals surface area contributed by atoms with Crippen molar-refractivity contribution in [2.75, 3.05) is 0 Å². The number of hydrogen-bond donors (Lipinski definition) is 0. The lowest BCUT2D eigenvalue weighted by Gasteiger charge is -3.09. The monoisotopic (exact) mass is 1590 g/mol. The molecule has 18 bridgehead atoms. The van der Waals surface area contributed by atoms with Gasteiger partial charge in [0.2, 0.25) is 0 Å². The molecule has 26 fully saturated rings. The van der Waals surface area contributed by atoms with E-state index in [0.29, 0.717) is 48.7 Å². The highest BCUT2D eigenvalue weighted by Crippen LogP contribution is 3.08. The van der Waals surface area contributed by atoms with Gasteiger partial charge in [-0.3, -0.25) is 0 Å². The lowest BCUT2D eigenvalue weighted by Crippen LogP contribution is -3.07. The van der Waals surface area contributed by atoms with E-state index in [-0.39, 0.29) is 0 Å². The molecule has 0 heteroatoms. The van der Waals surface area contributed by atoms with E-state index in [1.165, 1.54) is 279 Å². The standard InChI is InChI=1S/C14H24.2C14H26.2C13H24.C12H16.2C12H22.C11H20/c1-13(2,3)14-7-10-4-11(8-14)6-12(5-10)9-14;1-14(2,3)13-10-8-11-5-4-6-12(13)9-7-11;1-14(2,3)13-9-11-6-4-5-7-12(8-11)10-13;1-13(2,3)12-9-6-10-4-7-11(12)8-5-10;1-13(2,3)12-10-6-4-7-11(12)9-5-8-10;1-11(2,3)12-8-5-4-6(8)10(12)7(4)9(5)12;1-12(2,3)11-7-5-9-4-6-10(11)8-9;1-12(2,3)11-8-9-4-6-10(11)7-5-9;1-11(2,3)10-7-8-4-5-9(10)6-8/h10-12H,4-9H2,1-3H3;2*11-13H,4-10H2,1-3H3;2*10-12H,4-9H2,1-3H3;4-10H,1-3H3;2*9-11H,4-8H2,1-3H3;8-10H,4-7H2,1-3H3. The van der Waals surface area contributed by atoms with Crippen molar-refractivity contribution in [3.63, 3.8) is 0 Å². The van der Waals surface area contributed by atoms with Crippen LogP contribution in [0.5, 0.6) is 0 Å². The quantitative estimate of drug-likeness (QED) is 0.227. The average Bonchev–Trinajstić information content (AvgIpc) is 0.894. The summed E-state index contributed by atoms with van der Waals surface area (Å²) in [6.07, 6.45) is 70.6. The fourth-order valence-electron chi connectivity index (χ4n) is 37.5. The average molecular weight is 1590 g/mol. The second-order valence-corrected chi connectivity index (χ2v) is 58.2. The zero-order valence-electron chi connectivity index (χ0n) is 82.9. The second-order valence-electron chi connectivity index (χ2n) is 58.2. The fraction of sp³-hybridized carbons (Fsp3) is 1.00. The summed E-state index contributed by atoms with van der Waals surface area (Å²) in [5.41, 5.74) is 6.80. The molecule has 13 atom stereocenters. The molecule has 0 radical (unpaired) electrons. The summed E-state index contributed by atoms with van der Waals surface area (Å²) in [5.74, 6) is 34.5. The maximum Gasteiger partial charge on any atom is -0.0147 e. The van der Waals surface area contributed by atoms with Gasteiger partial charge >= 0.3 is 0 Å². The van der Waals surface area contributed by atoms with Crippen LogP contribution in [-0.4, -0.2) is 0 Å². The zero-order valence-corrected chi connectivity index (χ0v) is 82.9. The van der Waals surface area contributed by atoms with Gasteiger partial charge in [0.05, 0.1) is 0 Å². The normalized spacial score (nSPS) is 46.5. The van der Waals surface area contributed by atoms with Crippen LogP contribution in [0, 0.1) is 243 Å². The van der Waals surface area contributed by atoms with Gasteiger partial charge in [0.1, 0.15) is 0 Å². The lowest BCUT2D eigenvalue weighted by molar-refractivity contribution is -0.634. The van der Waals surface area contributed by atoms with Crippen molar-refractivity contribution in [2.45, 2.75) is 482 Å². The zero-order chi connectivity index (χ0) is 82.9. The molecule has 26 aliphatic rings. The van der Waals surface area contributed by atoms with Crippen LogP contribution in [0.2, 0.25) is 0 Å². The largest absolute Gasteiger partial charge is 0.0599 e. The van der Waals surface area contributed by atoms with Gasteiger partial charge in [-0.05, 0) is 391 Å². The first-order valence-corrected chi connectivity index (χ1v) is 53.6.